The summed E-state index contributed by atoms with van der Waals surface area (Å²) >= 11 is 0. The third kappa shape index (κ3) is 4.01. The molecule has 0 aromatic heterocycles. The number of carbonyl (C=O) groups is 2. The van der Waals surface area contributed by atoms with Crippen molar-refractivity contribution in [3.8, 4) is 17.2 Å². The van der Waals surface area contributed by atoms with Crippen LogP contribution in [0.1, 0.15) is 23.6 Å². The van der Waals surface area contributed by atoms with Gasteiger partial charge in [0.15, 0.2) is 11.5 Å². The number of nitrogens with zero attached hydrogens (tertiary/aromatic N) is 1. The highest BCUT2D eigenvalue weighted by atomic mass is 16.6. The molecule has 4 rings (SSSR count). The maximum absolute atomic E-state index is 13.1. The van der Waals surface area contributed by atoms with Gasteiger partial charge in [-0.25, -0.2) is 0 Å². The monoisotopic (exact) mass is 439 g/mol. The van der Waals surface area contributed by atoms with Crippen LogP contribution in [-0.2, 0) is 14.3 Å². The zero-order valence-corrected chi connectivity index (χ0v) is 18.0. The van der Waals surface area contributed by atoms with Crippen LogP contribution in [0.5, 0.6) is 17.2 Å². The smallest absolute Gasteiger partial charge is 0.295 e. The van der Waals surface area contributed by atoms with Gasteiger partial charge in [0.1, 0.15) is 24.7 Å². The van der Waals surface area contributed by atoms with Crippen LogP contribution in [0.2, 0.25) is 0 Å². The van der Waals surface area contributed by atoms with Crippen LogP contribution < -0.4 is 14.2 Å². The molecular formula is C24H25NO7. The highest BCUT2D eigenvalue weighted by Crippen LogP contribution is 2.41. The van der Waals surface area contributed by atoms with E-state index in [0.717, 1.165) is 0 Å². The number of hydrogen-bond acceptors (Lipinski definition) is 7. The number of ketones is 1. The number of fused-ring (bicyclic) bond motifs is 1. The average Bonchev–Trinajstić information content (AvgIpc) is 3.08. The van der Waals surface area contributed by atoms with Crippen molar-refractivity contribution in [3.05, 3.63) is 59.2 Å². The Labute approximate surface area is 185 Å². The number of amides is 1. The Morgan fingerprint density at radius 2 is 1.88 bits per heavy atom. The van der Waals surface area contributed by atoms with E-state index in [0.29, 0.717) is 61.2 Å². The number of carbonyl (C=O) groups excluding carboxylic acids is 2. The van der Waals surface area contributed by atoms with Crippen molar-refractivity contribution >= 4 is 17.4 Å². The molecule has 2 aromatic carbocycles. The Kier molecular flexibility index (Phi) is 6.32. The maximum Gasteiger partial charge on any atom is 0.295 e. The zero-order valence-electron chi connectivity index (χ0n) is 18.0. The Balaban J connectivity index is 1.81. The fourth-order valence-corrected chi connectivity index (χ4v) is 3.99. The van der Waals surface area contributed by atoms with Crippen molar-refractivity contribution in [3.63, 3.8) is 0 Å². The summed E-state index contributed by atoms with van der Waals surface area (Å²) in [6, 6.07) is 11.3. The number of benzene rings is 2. The molecule has 8 heteroatoms. The second-order valence-electron chi connectivity index (χ2n) is 7.47. The van der Waals surface area contributed by atoms with E-state index in [-0.39, 0.29) is 11.3 Å². The average molecular weight is 439 g/mol. The van der Waals surface area contributed by atoms with Gasteiger partial charge in [0, 0.05) is 25.8 Å². The van der Waals surface area contributed by atoms with E-state index in [1.54, 1.807) is 56.7 Å². The molecule has 1 N–H and O–H groups in total. The lowest BCUT2D eigenvalue weighted by atomic mass is 9.95. The molecule has 0 bridgehead atoms. The number of ether oxygens (including phenoxy) is 4. The first-order chi connectivity index (χ1) is 15.5. The first-order valence-electron chi connectivity index (χ1n) is 10.4. The molecule has 168 valence electrons. The van der Waals surface area contributed by atoms with Crippen molar-refractivity contribution in [2.75, 3.05) is 40.6 Å². The van der Waals surface area contributed by atoms with Crippen molar-refractivity contribution in [2.24, 2.45) is 0 Å². The first-order valence-corrected chi connectivity index (χ1v) is 10.4. The summed E-state index contributed by atoms with van der Waals surface area (Å²) in [6.45, 7) is 1.58. The number of likely N-dealkylation sites (tertiary alicyclic amines) is 1. The highest BCUT2D eigenvalue weighted by molar-refractivity contribution is 6.46. The molecule has 1 fully saturated rings. The fraction of sp³-hybridized carbons (Fsp3) is 0.333. The summed E-state index contributed by atoms with van der Waals surface area (Å²) in [5.41, 5.74) is 1.06. The fourth-order valence-electron chi connectivity index (χ4n) is 3.99. The van der Waals surface area contributed by atoms with Gasteiger partial charge in [-0.05, 0) is 42.3 Å². The van der Waals surface area contributed by atoms with Gasteiger partial charge < -0.3 is 29.0 Å². The number of aliphatic hydroxyl groups is 1. The van der Waals surface area contributed by atoms with Crippen molar-refractivity contribution < 1.29 is 33.6 Å². The zero-order chi connectivity index (χ0) is 22.7. The molecule has 2 aliphatic heterocycles. The second kappa shape index (κ2) is 9.32. The van der Waals surface area contributed by atoms with Gasteiger partial charge in [-0.15, -0.1) is 0 Å². The van der Waals surface area contributed by atoms with Gasteiger partial charge in [-0.2, -0.15) is 0 Å². The number of Topliss-reactive ketones (excluding diaryl/α,β-unsaturated/α-hetero) is 1. The van der Waals surface area contributed by atoms with Crippen molar-refractivity contribution in [1.29, 1.82) is 0 Å². The molecular weight excluding hydrogens is 414 g/mol. The number of aliphatic hydroxyl groups excluding tert-OH is 1. The van der Waals surface area contributed by atoms with Gasteiger partial charge in [0.05, 0.1) is 18.7 Å². The van der Waals surface area contributed by atoms with Crippen LogP contribution in [0.15, 0.2) is 48.0 Å². The molecule has 0 aliphatic carbocycles. The third-order valence-electron chi connectivity index (χ3n) is 5.51. The first kappa shape index (κ1) is 21.7. The predicted molar refractivity (Wildman–Crippen MR) is 116 cm³/mol. The van der Waals surface area contributed by atoms with E-state index in [1.807, 2.05) is 0 Å². The molecule has 32 heavy (non-hydrogen) atoms. The van der Waals surface area contributed by atoms with E-state index in [2.05, 4.69) is 0 Å². The summed E-state index contributed by atoms with van der Waals surface area (Å²) in [6.07, 6.45) is 0.550. The van der Waals surface area contributed by atoms with Gasteiger partial charge in [-0.3, -0.25) is 9.59 Å². The third-order valence-corrected chi connectivity index (χ3v) is 5.51. The van der Waals surface area contributed by atoms with Crippen LogP contribution in [0, 0.1) is 0 Å². The summed E-state index contributed by atoms with van der Waals surface area (Å²) in [5.74, 6) is -0.0212. The normalized spacial score (nSPS) is 19.3. The topological polar surface area (TPSA) is 94.5 Å². The Morgan fingerprint density at radius 1 is 1.09 bits per heavy atom. The standard InChI is InChI=1S/C24H25NO7/c1-29-10-4-9-25-21(15-5-3-6-17(13-15)30-2)20(23(27)24(25)28)22(26)16-7-8-18-19(14-16)32-12-11-31-18/h3,5-8,13-14,21,26H,4,9-12H2,1-2H3/b22-20+. The summed E-state index contributed by atoms with van der Waals surface area (Å²) in [4.78, 5) is 27.5. The van der Waals surface area contributed by atoms with Crippen LogP contribution in [-0.4, -0.2) is 62.3 Å². The van der Waals surface area contributed by atoms with E-state index < -0.39 is 17.7 Å². The minimum atomic E-state index is -0.754. The molecule has 2 aliphatic rings. The molecule has 2 aromatic rings. The quantitative estimate of drug-likeness (QED) is 0.307. The molecule has 0 saturated carbocycles. The number of hydrogen-bond donors (Lipinski definition) is 1. The van der Waals surface area contributed by atoms with E-state index in [1.165, 1.54) is 4.90 Å². The minimum Gasteiger partial charge on any atom is -0.507 e. The lowest BCUT2D eigenvalue weighted by Crippen LogP contribution is -2.31. The lowest BCUT2D eigenvalue weighted by Gasteiger charge is -2.25. The Morgan fingerprint density at radius 3 is 2.62 bits per heavy atom. The van der Waals surface area contributed by atoms with Gasteiger partial charge in [-0.1, -0.05) is 12.1 Å². The molecule has 1 unspecified atom stereocenters. The van der Waals surface area contributed by atoms with Crippen LogP contribution in [0.4, 0.5) is 0 Å². The molecule has 1 saturated heterocycles. The van der Waals surface area contributed by atoms with Crippen LogP contribution in [0.3, 0.4) is 0 Å². The SMILES string of the molecule is COCCCN1C(=O)C(=O)/C(=C(/O)c2ccc3c(c2)OCCO3)C1c1cccc(OC)c1. The van der Waals surface area contributed by atoms with E-state index in [9.17, 15) is 14.7 Å². The molecule has 8 nitrogen and oxygen atoms in total. The summed E-state index contributed by atoms with van der Waals surface area (Å²) in [7, 11) is 3.12. The summed E-state index contributed by atoms with van der Waals surface area (Å²) in [5, 5.41) is 11.2. The second-order valence-corrected chi connectivity index (χ2v) is 7.47. The van der Waals surface area contributed by atoms with Crippen molar-refractivity contribution in [2.45, 2.75) is 12.5 Å². The number of methoxy groups -OCH3 is 2. The molecule has 1 amide bonds. The van der Waals surface area contributed by atoms with Crippen LogP contribution >= 0.6 is 0 Å². The minimum absolute atomic E-state index is 0.0253. The molecule has 0 spiro atoms. The van der Waals surface area contributed by atoms with Gasteiger partial charge >= 0.3 is 0 Å². The number of rotatable bonds is 7. The Bertz CT molecular complexity index is 1060. The lowest BCUT2D eigenvalue weighted by molar-refractivity contribution is -0.140. The molecule has 2 heterocycles. The molecule has 1 atom stereocenters. The van der Waals surface area contributed by atoms with E-state index in [4.69, 9.17) is 18.9 Å². The van der Waals surface area contributed by atoms with Gasteiger partial charge in [0.2, 0.25) is 0 Å². The largest absolute Gasteiger partial charge is 0.507 e. The Hall–Kier alpha value is -3.52. The molecule has 0 radical (unpaired) electrons. The van der Waals surface area contributed by atoms with Gasteiger partial charge in [0.25, 0.3) is 11.7 Å². The van der Waals surface area contributed by atoms with Crippen molar-refractivity contribution in [1.82, 2.24) is 4.90 Å². The van der Waals surface area contributed by atoms with E-state index >= 15 is 0 Å². The maximum atomic E-state index is 13.1. The predicted octanol–water partition coefficient (Wildman–Crippen LogP) is 2.92. The highest BCUT2D eigenvalue weighted by Gasteiger charge is 2.46. The van der Waals surface area contributed by atoms with Crippen LogP contribution in [0.25, 0.3) is 5.76 Å². The summed E-state index contributed by atoms with van der Waals surface area (Å²) < 4.78 is 21.6.